The van der Waals surface area contributed by atoms with Crippen molar-refractivity contribution in [3.63, 3.8) is 0 Å². The van der Waals surface area contributed by atoms with Crippen molar-refractivity contribution < 1.29 is 18.0 Å². The van der Waals surface area contributed by atoms with Crippen molar-refractivity contribution in [1.29, 1.82) is 0 Å². The molecular weight excluding hydrogens is 556 g/mol. The fraction of sp³-hybridized carbons (Fsp3) is 0.167. The van der Waals surface area contributed by atoms with Crippen molar-refractivity contribution in [2.24, 2.45) is 0 Å². The fourth-order valence-electron chi connectivity index (χ4n) is 2.72. The Morgan fingerprint density at radius 2 is 1.80 bits per heavy atom. The molecule has 0 spiro atoms. The third-order valence-corrected chi connectivity index (χ3v) is 6.23. The molecule has 0 aliphatic heterocycles. The van der Waals surface area contributed by atoms with E-state index in [-0.39, 0.29) is 21.7 Å². The highest BCUT2D eigenvalue weighted by Crippen LogP contribution is 2.34. The van der Waals surface area contributed by atoms with Crippen molar-refractivity contribution >= 4 is 49.4 Å². The third kappa shape index (κ3) is 4.19. The number of amides is 1. The van der Waals surface area contributed by atoms with Crippen LogP contribution in [-0.4, -0.2) is 26.8 Å². The number of aromatic nitrogens is 3. The number of nitrogens with zero attached hydrogens (tertiary/aromatic N) is 3. The molecule has 30 heavy (non-hydrogen) atoms. The molecule has 2 aromatic heterocycles. The van der Waals surface area contributed by atoms with E-state index in [0.29, 0.717) is 14.8 Å². The summed E-state index contributed by atoms with van der Waals surface area (Å²) in [5.74, 6) is -0.866. The Morgan fingerprint density at radius 3 is 2.37 bits per heavy atom. The third-order valence-electron chi connectivity index (χ3n) is 4.04. The zero-order chi connectivity index (χ0) is 22.2. The highest BCUT2D eigenvalue weighted by molar-refractivity contribution is 9.11. The fourth-order valence-corrected chi connectivity index (χ4v) is 3.92. The van der Waals surface area contributed by atoms with Gasteiger partial charge in [0, 0.05) is 18.4 Å². The van der Waals surface area contributed by atoms with Crippen molar-refractivity contribution in [2.45, 2.75) is 13.1 Å². The maximum absolute atomic E-state index is 13.6. The molecule has 0 atom stereocenters. The van der Waals surface area contributed by atoms with Gasteiger partial charge in [0.2, 0.25) is 0 Å². The summed E-state index contributed by atoms with van der Waals surface area (Å²) in [4.78, 5) is 24.4. The first kappa shape index (κ1) is 22.6. The van der Waals surface area contributed by atoms with Gasteiger partial charge in [0.15, 0.2) is 5.69 Å². The number of hydrogen-bond donors (Lipinski definition) is 1. The van der Waals surface area contributed by atoms with Crippen molar-refractivity contribution in [2.75, 3.05) is 6.54 Å². The van der Waals surface area contributed by atoms with Crippen LogP contribution in [0.2, 0.25) is 5.02 Å². The predicted octanol–water partition coefficient (Wildman–Crippen LogP) is 4.97. The van der Waals surface area contributed by atoms with E-state index in [9.17, 15) is 22.8 Å². The molecule has 6 nitrogen and oxygen atoms in total. The Balaban J connectivity index is 2.08. The van der Waals surface area contributed by atoms with Gasteiger partial charge in [-0.1, -0.05) is 11.6 Å². The van der Waals surface area contributed by atoms with Gasteiger partial charge < -0.3 is 5.32 Å². The summed E-state index contributed by atoms with van der Waals surface area (Å²) in [5.41, 5.74) is -1.73. The lowest BCUT2D eigenvalue weighted by atomic mass is 10.2. The van der Waals surface area contributed by atoms with E-state index in [4.69, 9.17) is 11.6 Å². The highest BCUT2D eigenvalue weighted by Gasteiger charge is 2.40. The topological polar surface area (TPSA) is 68.9 Å². The zero-order valence-electron chi connectivity index (χ0n) is 15.1. The first-order valence-electron chi connectivity index (χ1n) is 8.36. The molecule has 1 N–H and O–H groups in total. The average Bonchev–Trinajstić information content (AvgIpc) is 3.15. The number of benzene rings is 1. The monoisotopic (exact) mass is 566 g/mol. The lowest BCUT2D eigenvalue weighted by molar-refractivity contribution is -0.143. The van der Waals surface area contributed by atoms with Gasteiger partial charge in [0.1, 0.15) is 4.47 Å². The molecular formula is C18H12Br2ClF3N4O2. The molecule has 0 aliphatic carbocycles. The molecule has 0 saturated heterocycles. The number of pyridine rings is 1. The molecule has 3 rings (SSSR count). The molecule has 0 aliphatic rings. The Labute approximate surface area is 189 Å². The van der Waals surface area contributed by atoms with Crippen LogP contribution in [0.3, 0.4) is 0 Å². The van der Waals surface area contributed by atoms with Gasteiger partial charge in [0.25, 0.3) is 11.5 Å². The van der Waals surface area contributed by atoms with Crippen molar-refractivity contribution in [3.8, 4) is 11.4 Å². The molecule has 0 bridgehead atoms. The van der Waals surface area contributed by atoms with E-state index in [2.05, 4.69) is 42.3 Å². The van der Waals surface area contributed by atoms with Crippen LogP contribution < -0.4 is 10.9 Å². The lowest BCUT2D eigenvalue weighted by Gasteiger charge is -2.14. The normalized spacial score (nSPS) is 11.6. The van der Waals surface area contributed by atoms with Gasteiger partial charge in [-0.25, -0.2) is 4.68 Å². The van der Waals surface area contributed by atoms with E-state index in [1.807, 2.05) is 0 Å². The van der Waals surface area contributed by atoms with Crippen molar-refractivity contribution in [3.05, 3.63) is 72.2 Å². The van der Waals surface area contributed by atoms with E-state index in [1.54, 1.807) is 6.92 Å². The Morgan fingerprint density at radius 1 is 1.20 bits per heavy atom. The molecule has 0 radical (unpaired) electrons. The van der Waals surface area contributed by atoms with E-state index in [1.165, 1.54) is 35.0 Å². The molecule has 1 aromatic carbocycles. The van der Waals surface area contributed by atoms with Crippen LogP contribution in [0.5, 0.6) is 0 Å². The van der Waals surface area contributed by atoms with Gasteiger partial charge in [-0.15, -0.1) is 0 Å². The number of halogens is 6. The number of carbonyl (C=O) groups is 1. The van der Waals surface area contributed by atoms with Gasteiger partial charge in [-0.05, 0) is 63.0 Å². The number of hydrogen-bond acceptors (Lipinski definition) is 3. The summed E-state index contributed by atoms with van der Waals surface area (Å²) in [6, 6.07) is 5.64. The van der Waals surface area contributed by atoms with Crippen LogP contribution in [0.1, 0.15) is 23.0 Å². The average molecular weight is 569 g/mol. The minimum absolute atomic E-state index is 0.0711. The summed E-state index contributed by atoms with van der Waals surface area (Å²) in [6.07, 6.45) is -2.48. The first-order chi connectivity index (χ1) is 14.1. The molecule has 12 heteroatoms. The SMILES string of the molecule is CCNC(=O)c1cnn(-c2ccc(-n3cc(Br)c(Cl)c(Br)c3=O)cc2)c1C(F)(F)F. The minimum atomic E-state index is -4.81. The van der Waals surface area contributed by atoms with Gasteiger partial charge >= 0.3 is 6.18 Å². The Bertz CT molecular complexity index is 1170. The van der Waals surface area contributed by atoms with Crippen LogP contribution in [0.25, 0.3) is 11.4 Å². The van der Waals surface area contributed by atoms with Crippen LogP contribution in [0, 0.1) is 0 Å². The summed E-state index contributed by atoms with van der Waals surface area (Å²) in [6.45, 7) is 1.78. The predicted molar refractivity (Wildman–Crippen MR) is 113 cm³/mol. The number of carbonyl (C=O) groups excluding carboxylic acids is 1. The smallest absolute Gasteiger partial charge is 0.352 e. The number of rotatable bonds is 4. The van der Waals surface area contributed by atoms with Crippen LogP contribution in [0.4, 0.5) is 13.2 Å². The second kappa shape index (κ2) is 8.56. The maximum atomic E-state index is 13.6. The van der Waals surface area contributed by atoms with Gasteiger partial charge in [-0.3, -0.25) is 14.2 Å². The largest absolute Gasteiger partial charge is 0.434 e. The van der Waals surface area contributed by atoms with Gasteiger partial charge in [0.05, 0.1) is 26.9 Å². The maximum Gasteiger partial charge on any atom is 0.434 e. The second-order valence-electron chi connectivity index (χ2n) is 5.97. The molecule has 3 aromatic rings. The van der Waals surface area contributed by atoms with Crippen LogP contribution in [0.15, 0.2) is 50.4 Å². The van der Waals surface area contributed by atoms with Crippen LogP contribution in [-0.2, 0) is 6.18 Å². The van der Waals surface area contributed by atoms with E-state index >= 15 is 0 Å². The zero-order valence-corrected chi connectivity index (χ0v) is 19.0. The highest BCUT2D eigenvalue weighted by atomic mass is 79.9. The summed E-state index contributed by atoms with van der Waals surface area (Å²) in [7, 11) is 0. The van der Waals surface area contributed by atoms with Crippen molar-refractivity contribution in [1.82, 2.24) is 19.7 Å². The quantitative estimate of drug-likeness (QED) is 0.484. The molecule has 1 amide bonds. The van der Waals surface area contributed by atoms with Crippen LogP contribution >= 0.6 is 43.5 Å². The minimum Gasteiger partial charge on any atom is -0.352 e. The van der Waals surface area contributed by atoms with E-state index in [0.717, 1.165) is 6.20 Å². The number of nitrogens with one attached hydrogen (secondary N) is 1. The Kier molecular flexibility index (Phi) is 6.44. The molecule has 158 valence electrons. The summed E-state index contributed by atoms with van der Waals surface area (Å²) >= 11 is 12.4. The Hall–Kier alpha value is -2.11. The molecule has 0 unspecified atom stereocenters. The second-order valence-corrected chi connectivity index (χ2v) is 8.00. The van der Waals surface area contributed by atoms with E-state index < -0.39 is 28.9 Å². The standard InChI is InChI=1S/C18H12Br2ClF3N4O2/c1-2-25-16(29)11-7-26-28(15(11)18(22,23)24)10-5-3-9(4-6-10)27-8-12(19)14(21)13(20)17(27)30/h3-8H,2H2,1H3,(H,25,29). The summed E-state index contributed by atoms with van der Waals surface area (Å²) < 4.78 is 43.4. The lowest BCUT2D eigenvalue weighted by Crippen LogP contribution is -2.26. The molecule has 0 fully saturated rings. The number of alkyl halides is 3. The summed E-state index contributed by atoms with van der Waals surface area (Å²) in [5, 5.41) is 6.30. The van der Waals surface area contributed by atoms with Gasteiger partial charge in [-0.2, -0.15) is 18.3 Å². The molecule has 0 saturated carbocycles. The molecule has 2 heterocycles. The first-order valence-corrected chi connectivity index (χ1v) is 10.3.